The molecule has 2 aromatic rings. The maximum absolute atomic E-state index is 12.2. The SMILES string of the molecule is CC(c1ccccc1Cl)N(C)C(=O)c1nonc1N. The summed E-state index contributed by atoms with van der Waals surface area (Å²) >= 11 is 6.11. The van der Waals surface area contributed by atoms with Crippen LogP contribution in [0.1, 0.15) is 29.0 Å². The van der Waals surface area contributed by atoms with Crippen molar-refractivity contribution >= 4 is 23.3 Å². The number of amides is 1. The normalized spacial score (nSPS) is 12.2. The zero-order valence-electron chi connectivity index (χ0n) is 10.5. The van der Waals surface area contributed by atoms with Gasteiger partial charge in [-0.2, -0.15) is 0 Å². The molecule has 0 saturated heterocycles. The fraction of sp³-hybridized carbons (Fsp3) is 0.250. The summed E-state index contributed by atoms with van der Waals surface area (Å²) in [5.41, 5.74) is 6.35. The lowest BCUT2D eigenvalue weighted by atomic mass is 10.1. The van der Waals surface area contributed by atoms with E-state index in [4.69, 9.17) is 17.3 Å². The van der Waals surface area contributed by atoms with Crippen LogP contribution in [-0.2, 0) is 0 Å². The Kier molecular flexibility index (Phi) is 3.71. The predicted octanol–water partition coefficient (Wildman–Crippen LogP) is 2.14. The molecule has 0 saturated carbocycles. The molecule has 6 nitrogen and oxygen atoms in total. The molecule has 19 heavy (non-hydrogen) atoms. The minimum atomic E-state index is -0.369. The first kappa shape index (κ1) is 13.4. The van der Waals surface area contributed by atoms with Gasteiger partial charge in [-0.15, -0.1) is 0 Å². The number of hydrogen-bond acceptors (Lipinski definition) is 5. The third kappa shape index (κ3) is 2.53. The van der Waals surface area contributed by atoms with Crippen LogP contribution in [0.2, 0.25) is 5.02 Å². The van der Waals surface area contributed by atoms with Gasteiger partial charge < -0.3 is 10.6 Å². The number of benzene rings is 1. The maximum Gasteiger partial charge on any atom is 0.280 e. The number of anilines is 1. The molecule has 7 heteroatoms. The fourth-order valence-corrected chi connectivity index (χ4v) is 2.00. The van der Waals surface area contributed by atoms with E-state index in [0.717, 1.165) is 5.56 Å². The number of nitrogen functional groups attached to an aromatic ring is 1. The average molecular weight is 281 g/mol. The Morgan fingerprint density at radius 3 is 2.68 bits per heavy atom. The first-order valence-corrected chi connectivity index (χ1v) is 5.99. The second kappa shape index (κ2) is 5.27. The highest BCUT2D eigenvalue weighted by molar-refractivity contribution is 6.31. The maximum atomic E-state index is 12.2. The molecule has 2 rings (SSSR count). The molecule has 1 amide bonds. The Labute approximate surface area is 115 Å². The fourth-order valence-electron chi connectivity index (χ4n) is 1.71. The standard InChI is InChI=1S/C12H13ClN4O2/c1-7(8-5-3-4-6-9(8)13)17(2)12(18)10-11(14)16-19-15-10/h3-7H,1-2H3,(H2,14,16). The van der Waals surface area contributed by atoms with Gasteiger partial charge in [0.15, 0.2) is 0 Å². The average Bonchev–Trinajstić information content (AvgIpc) is 2.83. The first-order valence-electron chi connectivity index (χ1n) is 5.62. The van der Waals surface area contributed by atoms with Crippen molar-refractivity contribution in [2.24, 2.45) is 0 Å². The molecule has 0 radical (unpaired) electrons. The first-order chi connectivity index (χ1) is 9.02. The minimum Gasteiger partial charge on any atom is -0.379 e. The van der Waals surface area contributed by atoms with E-state index in [1.165, 1.54) is 4.90 Å². The van der Waals surface area contributed by atoms with Crippen LogP contribution in [0.25, 0.3) is 0 Å². The lowest BCUT2D eigenvalue weighted by molar-refractivity contribution is 0.0732. The van der Waals surface area contributed by atoms with E-state index in [1.807, 2.05) is 25.1 Å². The number of aromatic nitrogens is 2. The molecule has 1 unspecified atom stereocenters. The van der Waals surface area contributed by atoms with Gasteiger partial charge in [-0.05, 0) is 28.9 Å². The topological polar surface area (TPSA) is 85.2 Å². The highest BCUT2D eigenvalue weighted by Gasteiger charge is 2.25. The van der Waals surface area contributed by atoms with Crippen molar-refractivity contribution in [2.45, 2.75) is 13.0 Å². The van der Waals surface area contributed by atoms with E-state index < -0.39 is 0 Å². The third-order valence-corrected chi connectivity index (χ3v) is 3.32. The number of carbonyl (C=O) groups excluding carboxylic acids is 1. The van der Waals surface area contributed by atoms with Crippen molar-refractivity contribution in [2.75, 3.05) is 12.8 Å². The van der Waals surface area contributed by atoms with Crippen molar-refractivity contribution in [1.82, 2.24) is 15.2 Å². The van der Waals surface area contributed by atoms with Gasteiger partial charge in [0.1, 0.15) is 0 Å². The Bertz CT molecular complexity index is 599. The molecule has 0 fully saturated rings. The van der Waals surface area contributed by atoms with E-state index in [9.17, 15) is 4.79 Å². The van der Waals surface area contributed by atoms with Crippen molar-refractivity contribution in [3.63, 3.8) is 0 Å². The van der Waals surface area contributed by atoms with Crippen LogP contribution in [0.5, 0.6) is 0 Å². The predicted molar refractivity (Wildman–Crippen MR) is 70.7 cm³/mol. The molecule has 0 aliphatic carbocycles. The number of carbonyl (C=O) groups is 1. The molecule has 0 spiro atoms. The van der Waals surface area contributed by atoms with Crippen LogP contribution >= 0.6 is 11.6 Å². The van der Waals surface area contributed by atoms with Crippen LogP contribution in [0.4, 0.5) is 5.82 Å². The lowest BCUT2D eigenvalue weighted by Crippen LogP contribution is -2.30. The number of hydrogen-bond donors (Lipinski definition) is 1. The van der Waals surface area contributed by atoms with E-state index in [0.29, 0.717) is 5.02 Å². The van der Waals surface area contributed by atoms with Gasteiger partial charge in [-0.1, -0.05) is 29.8 Å². The number of rotatable bonds is 3. The minimum absolute atomic E-state index is 0.00130. The summed E-state index contributed by atoms with van der Waals surface area (Å²) in [5, 5.41) is 7.49. The summed E-state index contributed by atoms with van der Waals surface area (Å²) in [6, 6.07) is 7.11. The Morgan fingerprint density at radius 2 is 2.11 bits per heavy atom. The monoisotopic (exact) mass is 280 g/mol. The second-order valence-corrected chi connectivity index (χ2v) is 4.52. The number of nitrogens with zero attached hydrogens (tertiary/aromatic N) is 3. The molecule has 0 bridgehead atoms. The molecule has 1 atom stereocenters. The largest absolute Gasteiger partial charge is 0.379 e. The van der Waals surface area contributed by atoms with E-state index in [2.05, 4.69) is 14.9 Å². The summed E-state index contributed by atoms with van der Waals surface area (Å²) < 4.78 is 4.43. The number of nitrogens with two attached hydrogens (primary N) is 1. The summed E-state index contributed by atoms with van der Waals surface area (Å²) in [5.74, 6) is -0.394. The van der Waals surface area contributed by atoms with Gasteiger partial charge in [0.25, 0.3) is 5.91 Å². The highest BCUT2D eigenvalue weighted by atomic mass is 35.5. The van der Waals surface area contributed by atoms with Gasteiger partial charge in [0, 0.05) is 12.1 Å². The van der Waals surface area contributed by atoms with E-state index in [1.54, 1.807) is 13.1 Å². The molecule has 1 heterocycles. The van der Waals surface area contributed by atoms with Crippen molar-refractivity contribution in [3.8, 4) is 0 Å². The van der Waals surface area contributed by atoms with Crippen LogP contribution in [-0.4, -0.2) is 28.2 Å². The summed E-state index contributed by atoms with van der Waals surface area (Å²) in [6.45, 7) is 1.86. The highest BCUT2D eigenvalue weighted by Crippen LogP contribution is 2.27. The Hall–Kier alpha value is -2.08. The van der Waals surface area contributed by atoms with Gasteiger partial charge in [-0.25, -0.2) is 4.63 Å². The van der Waals surface area contributed by atoms with Crippen LogP contribution in [0.15, 0.2) is 28.9 Å². The summed E-state index contributed by atoms with van der Waals surface area (Å²) in [6.07, 6.45) is 0. The molecular weight excluding hydrogens is 268 g/mol. The van der Waals surface area contributed by atoms with E-state index >= 15 is 0 Å². The van der Waals surface area contributed by atoms with Crippen LogP contribution in [0, 0.1) is 0 Å². The molecule has 1 aromatic carbocycles. The third-order valence-electron chi connectivity index (χ3n) is 2.97. The smallest absolute Gasteiger partial charge is 0.280 e. The number of halogens is 1. The molecule has 0 aliphatic heterocycles. The van der Waals surface area contributed by atoms with Gasteiger partial charge in [0.05, 0.1) is 6.04 Å². The van der Waals surface area contributed by atoms with Crippen molar-refractivity contribution in [3.05, 3.63) is 40.5 Å². The quantitative estimate of drug-likeness (QED) is 0.931. The molecule has 0 aliphatic rings. The van der Waals surface area contributed by atoms with Crippen molar-refractivity contribution in [1.29, 1.82) is 0 Å². The Morgan fingerprint density at radius 1 is 1.42 bits per heavy atom. The zero-order valence-corrected chi connectivity index (χ0v) is 11.3. The van der Waals surface area contributed by atoms with Gasteiger partial charge in [-0.3, -0.25) is 4.79 Å². The van der Waals surface area contributed by atoms with Crippen LogP contribution in [0.3, 0.4) is 0 Å². The summed E-state index contributed by atoms with van der Waals surface area (Å²) in [4.78, 5) is 13.7. The Balaban J connectivity index is 2.25. The lowest BCUT2D eigenvalue weighted by Gasteiger charge is -2.25. The molecule has 2 N–H and O–H groups in total. The molecule has 1 aromatic heterocycles. The van der Waals surface area contributed by atoms with Crippen LogP contribution < -0.4 is 5.73 Å². The van der Waals surface area contributed by atoms with Gasteiger partial charge in [0.2, 0.25) is 11.5 Å². The molecule has 100 valence electrons. The van der Waals surface area contributed by atoms with Gasteiger partial charge >= 0.3 is 0 Å². The van der Waals surface area contributed by atoms with Crippen molar-refractivity contribution < 1.29 is 9.42 Å². The zero-order chi connectivity index (χ0) is 14.0. The molecular formula is C12H13ClN4O2. The summed E-state index contributed by atoms with van der Waals surface area (Å²) in [7, 11) is 1.64. The second-order valence-electron chi connectivity index (χ2n) is 4.11. The van der Waals surface area contributed by atoms with E-state index in [-0.39, 0.29) is 23.5 Å².